The summed E-state index contributed by atoms with van der Waals surface area (Å²) in [5.41, 5.74) is 6.40. The Balaban J connectivity index is 1.65. The Morgan fingerprint density at radius 2 is 1.95 bits per heavy atom. The van der Waals surface area contributed by atoms with E-state index in [0.29, 0.717) is 30.9 Å². The lowest BCUT2D eigenvalue weighted by Gasteiger charge is -2.05. The summed E-state index contributed by atoms with van der Waals surface area (Å²) in [6.45, 7) is 1.26. The van der Waals surface area contributed by atoms with Gasteiger partial charge in [-0.1, -0.05) is 6.07 Å². The van der Waals surface area contributed by atoms with Crippen LogP contribution >= 0.6 is 11.3 Å². The van der Waals surface area contributed by atoms with Gasteiger partial charge in [0.15, 0.2) is 5.96 Å². The first kappa shape index (κ1) is 16.4. The first-order chi connectivity index (χ1) is 10.6. The van der Waals surface area contributed by atoms with Crippen molar-refractivity contribution in [3.8, 4) is 0 Å². The lowest BCUT2D eigenvalue weighted by molar-refractivity contribution is 0.578. The molecule has 1 heterocycles. The molecule has 2 aromatic rings. The number of nitrogens with one attached hydrogen (secondary N) is 1. The number of rotatable bonds is 7. The van der Waals surface area contributed by atoms with E-state index in [9.17, 15) is 8.78 Å². The van der Waals surface area contributed by atoms with E-state index in [1.165, 1.54) is 17.0 Å². The molecule has 0 aliphatic rings. The highest BCUT2D eigenvalue weighted by molar-refractivity contribution is 7.09. The van der Waals surface area contributed by atoms with Gasteiger partial charge >= 0.3 is 0 Å². The van der Waals surface area contributed by atoms with Crippen molar-refractivity contribution in [3.05, 3.63) is 57.8 Å². The molecule has 0 spiro atoms. The number of benzene rings is 1. The Kier molecular flexibility index (Phi) is 6.33. The van der Waals surface area contributed by atoms with Crippen LogP contribution in [0, 0.1) is 11.6 Å². The average Bonchev–Trinajstić information content (AvgIpc) is 2.96. The summed E-state index contributed by atoms with van der Waals surface area (Å²) in [7, 11) is 0. The molecule has 0 amide bonds. The predicted octanol–water partition coefficient (Wildman–Crippen LogP) is 3.11. The van der Waals surface area contributed by atoms with Crippen LogP contribution in [0.25, 0.3) is 0 Å². The topological polar surface area (TPSA) is 50.4 Å². The Morgan fingerprint density at radius 3 is 2.64 bits per heavy atom. The SMILES string of the molecule is NC(=NCCCc1cc(F)cc(F)c1)NCCc1cccs1. The van der Waals surface area contributed by atoms with Gasteiger partial charge in [0.25, 0.3) is 0 Å². The lowest BCUT2D eigenvalue weighted by Crippen LogP contribution is -2.33. The third-order valence-corrected chi connectivity index (χ3v) is 4.02. The zero-order valence-corrected chi connectivity index (χ0v) is 13.0. The minimum atomic E-state index is -0.548. The molecule has 0 saturated heterocycles. The van der Waals surface area contributed by atoms with Crippen LogP contribution in [-0.2, 0) is 12.8 Å². The van der Waals surface area contributed by atoms with Crippen LogP contribution in [0.3, 0.4) is 0 Å². The fourth-order valence-corrected chi connectivity index (χ4v) is 2.77. The summed E-state index contributed by atoms with van der Waals surface area (Å²) in [5, 5.41) is 5.10. The number of hydrogen-bond donors (Lipinski definition) is 2. The standard InChI is InChI=1S/C16H19F2N3S/c17-13-9-12(10-14(18)11-13)3-1-6-20-16(19)21-7-5-15-4-2-8-22-15/h2,4,8-11H,1,3,5-7H2,(H3,19,20,21). The highest BCUT2D eigenvalue weighted by atomic mass is 32.1. The van der Waals surface area contributed by atoms with E-state index in [4.69, 9.17) is 5.73 Å². The predicted molar refractivity (Wildman–Crippen MR) is 87.2 cm³/mol. The number of aliphatic imine (C=N–C) groups is 1. The van der Waals surface area contributed by atoms with E-state index in [1.807, 2.05) is 11.4 Å². The molecule has 2 rings (SSSR count). The molecule has 0 aliphatic carbocycles. The van der Waals surface area contributed by atoms with Crippen LogP contribution in [-0.4, -0.2) is 19.0 Å². The zero-order chi connectivity index (χ0) is 15.8. The molecule has 0 radical (unpaired) electrons. The number of nitrogens with zero attached hydrogens (tertiary/aromatic N) is 1. The number of aryl methyl sites for hydroxylation is 1. The van der Waals surface area contributed by atoms with Crippen LogP contribution in [0.15, 0.2) is 40.7 Å². The molecule has 1 aromatic carbocycles. The zero-order valence-electron chi connectivity index (χ0n) is 12.2. The number of thiophene rings is 1. The van der Waals surface area contributed by atoms with E-state index >= 15 is 0 Å². The van der Waals surface area contributed by atoms with Crippen molar-refractivity contribution in [2.45, 2.75) is 19.3 Å². The van der Waals surface area contributed by atoms with Gasteiger partial charge in [-0.3, -0.25) is 4.99 Å². The van der Waals surface area contributed by atoms with Gasteiger partial charge in [0.1, 0.15) is 11.6 Å². The molecule has 0 fully saturated rings. The summed E-state index contributed by atoms with van der Waals surface area (Å²) >= 11 is 1.71. The molecule has 3 nitrogen and oxygen atoms in total. The molecule has 0 bridgehead atoms. The molecular formula is C16H19F2N3S. The van der Waals surface area contributed by atoms with E-state index < -0.39 is 11.6 Å². The first-order valence-corrected chi connectivity index (χ1v) is 8.02. The van der Waals surface area contributed by atoms with Crippen LogP contribution < -0.4 is 11.1 Å². The summed E-state index contributed by atoms with van der Waals surface area (Å²) < 4.78 is 26.0. The summed E-state index contributed by atoms with van der Waals surface area (Å²) in [5.74, 6) is -0.691. The van der Waals surface area contributed by atoms with E-state index in [-0.39, 0.29) is 0 Å². The monoisotopic (exact) mass is 323 g/mol. The molecule has 22 heavy (non-hydrogen) atoms. The highest BCUT2D eigenvalue weighted by Gasteiger charge is 2.00. The smallest absolute Gasteiger partial charge is 0.188 e. The number of guanidine groups is 1. The molecule has 0 saturated carbocycles. The van der Waals surface area contributed by atoms with Gasteiger partial charge in [0, 0.05) is 24.0 Å². The second kappa shape index (κ2) is 8.48. The minimum absolute atomic E-state index is 0.405. The van der Waals surface area contributed by atoms with Gasteiger partial charge in [-0.05, 0) is 48.4 Å². The van der Waals surface area contributed by atoms with Gasteiger partial charge in [-0.25, -0.2) is 8.78 Å². The number of halogens is 2. The largest absolute Gasteiger partial charge is 0.370 e. The van der Waals surface area contributed by atoms with Gasteiger partial charge < -0.3 is 11.1 Å². The molecule has 0 aliphatic heterocycles. The molecule has 118 valence electrons. The van der Waals surface area contributed by atoms with E-state index in [1.54, 1.807) is 11.3 Å². The summed E-state index contributed by atoms with van der Waals surface area (Å²) in [6.07, 6.45) is 2.17. The van der Waals surface area contributed by atoms with Crippen molar-refractivity contribution in [2.24, 2.45) is 10.7 Å². The second-order valence-electron chi connectivity index (χ2n) is 4.90. The van der Waals surface area contributed by atoms with Gasteiger partial charge in [-0.2, -0.15) is 0 Å². The van der Waals surface area contributed by atoms with Crippen molar-refractivity contribution in [3.63, 3.8) is 0 Å². The average molecular weight is 323 g/mol. The van der Waals surface area contributed by atoms with Crippen molar-refractivity contribution >= 4 is 17.3 Å². The van der Waals surface area contributed by atoms with E-state index in [0.717, 1.165) is 19.0 Å². The molecular weight excluding hydrogens is 304 g/mol. The quantitative estimate of drug-likeness (QED) is 0.467. The third kappa shape index (κ3) is 5.81. The number of hydrogen-bond acceptors (Lipinski definition) is 2. The first-order valence-electron chi connectivity index (χ1n) is 7.14. The van der Waals surface area contributed by atoms with Crippen molar-refractivity contribution < 1.29 is 8.78 Å². The van der Waals surface area contributed by atoms with Crippen LogP contribution in [0.2, 0.25) is 0 Å². The Labute approximate surface area is 132 Å². The Morgan fingerprint density at radius 1 is 1.18 bits per heavy atom. The van der Waals surface area contributed by atoms with Crippen molar-refractivity contribution in [1.29, 1.82) is 0 Å². The fraction of sp³-hybridized carbons (Fsp3) is 0.312. The lowest BCUT2D eigenvalue weighted by atomic mass is 10.1. The van der Waals surface area contributed by atoms with Crippen LogP contribution in [0.1, 0.15) is 16.9 Å². The van der Waals surface area contributed by atoms with Gasteiger partial charge in [0.05, 0.1) is 0 Å². The normalized spacial score (nSPS) is 11.6. The third-order valence-electron chi connectivity index (χ3n) is 3.09. The Bertz CT molecular complexity index is 592. The summed E-state index contributed by atoms with van der Waals surface area (Å²) in [4.78, 5) is 5.50. The van der Waals surface area contributed by atoms with Crippen molar-refractivity contribution in [1.82, 2.24) is 5.32 Å². The molecule has 0 unspecified atom stereocenters. The molecule has 6 heteroatoms. The number of nitrogens with two attached hydrogens (primary N) is 1. The maximum Gasteiger partial charge on any atom is 0.188 e. The van der Waals surface area contributed by atoms with Gasteiger partial charge in [0.2, 0.25) is 0 Å². The highest BCUT2D eigenvalue weighted by Crippen LogP contribution is 2.10. The maximum atomic E-state index is 13.0. The van der Waals surface area contributed by atoms with Crippen LogP contribution in [0.4, 0.5) is 8.78 Å². The minimum Gasteiger partial charge on any atom is -0.370 e. The van der Waals surface area contributed by atoms with Gasteiger partial charge in [-0.15, -0.1) is 11.3 Å². The molecule has 3 N–H and O–H groups in total. The van der Waals surface area contributed by atoms with Crippen LogP contribution in [0.5, 0.6) is 0 Å². The van der Waals surface area contributed by atoms with E-state index in [2.05, 4.69) is 16.4 Å². The fourth-order valence-electron chi connectivity index (χ4n) is 2.06. The molecule has 1 aromatic heterocycles. The second-order valence-corrected chi connectivity index (χ2v) is 5.94. The molecule has 0 atom stereocenters. The summed E-state index contributed by atoms with van der Waals surface area (Å²) in [6, 6.07) is 7.66. The van der Waals surface area contributed by atoms with Crippen molar-refractivity contribution in [2.75, 3.05) is 13.1 Å². The maximum absolute atomic E-state index is 13.0. The Hall–Kier alpha value is -1.95.